The second-order valence-electron chi connectivity index (χ2n) is 8.86. The van der Waals surface area contributed by atoms with Gasteiger partial charge < -0.3 is 19.3 Å². The van der Waals surface area contributed by atoms with Crippen molar-refractivity contribution in [2.45, 2.75) is 44.7 Å². The lowest BCUT2D eigenvalue weighted by atomic mass is 10.0. The number of ether oxygens (including phenoxy) is 3. The standard InChI is InChI=1S/C29H30N4O5/c30-32-31-25-16-17-27(38-28(25)34)26(21-36-19-23-12-6-2-7-13-23)33(18-22-10-4-1-5-11-22)29(35)37-20-24-14-8-3-9-15-24/h1-15,26-27,34H,16-21H2/t26-,27+/m1/s1. The monoisotopic (exact) mass is 514 g/mol. The Morgan fingerprint density at radius 2 is 1.55 bits per heavy atom. The van der Waals surface area contributed by atoms with Gasteiger partial charge in [-0.25, -0.2) is 4.79 Å². The summed E-state index contributed by atoms with van der Waals surface area (Å²) in [6.45, 7) is 0.840. The van der Waals surface area contributed by atoms with Crippen LogP contribution in [-0.4, -0.2) is 34.9 Å². The van der Waals surface area contributed by atoms with E-state index < -0.39 is 24.2 Å². The van der Waals surface area contributed by atoms with Gasteiger partial charge in [-0.2, -0.15) is 0 Å². The second kappa shape index (κ2) is 13.7. The van der Waals surface area contributed by atoms with Gasteiger partial charge in [-0.15, -0.1) is 0 Å². The summed E-state index contributed by atoms with van der Waals surface area (Å²) in [5.41, 5.74) is 11.7. The zero-order chi connectivity index (χ0) is 26.6. The quantitative estimate of drug-likeness (QED) is 0.175. The Balaban J connectivity index is 1.58. The van der Waals surface area contributed by atoms with Crippen molar-refractivity contribution in [3.63, 3.8) is 0 Å². The Labute approximate surface area is 221 Å². The first kappa shape index (κ1) is 26.6. The molecule has 0 saturated carbocycles. The van der Waals surface area contributed by atoms with Crippen LogP contribution in [0.3, 0.4) is 0 Å². The number of aliphatic hydroxyl groups is 1. The maximum atomic E-state index is 13.5. The maximum Gasteiger partial charge on any atom is 0.410 e. The summed E-state index contributed by atoms with van der Waals surface area (Å²) in [6, 6.07) is 28.1. The van der Waals surface area contributed by atoms with Gasteiger partial charge in [0.2, 0.25) is 0 Å². The van der Waals surface area contributed by atoms with Crippen LogP contribution in [-0.2, 0) is 34.0 Å². The van der Waals surface area contributed by atoms with Crippen molar-refractivity contribution in [3.8, 4) is 0 Å². The van der Waals surface area contributed by atoms with E-state index in [1.807, 2.05) is 91.0 Å². The minimum absolute atomic E-state index is 0.111. The third-order valence-corrected chi connectivity index (χ3v) is 6.21. The summed E-state index contributed by atoms with van der Waals surface area (Å²) in [7, 11) is 0. The van der Waals surface area contributed by atoms with E-state index >= 15 is 0 Å². The molecule has 3 aromatic rings. The molecule has 0 bridgehead atoms. The molecule has 0 fully saturated rings. The molecule has 1 N–H and O–H groups in total. The van der Waals surface area contributed by atoms with E-state index in [1.165, 1.54) is 0 Å². The summed E-state index contributed by atoms with van der Waals surface area (Å²) in [5, 5.41) is 13.9. The Morgan fingerprint density at radius 3 is 2.13 bits per heavy atom. The van der Waals surface area contributed by atoms with E-state index in [9.17, 15) is 9.90 Å². The Bertz CT molecular complexity index is 1250. The van der Waals surface area contributed by atoms with Crippen LogP contribution in [0.1, 0.15) is 29.5 Å². The van der Waals surface area contributed by atoms with Crippen molar-refractivity contribution >= 4 is 6.09 Å². The third-order valence-electron chi connectivity index (χ3n) is 6.21. The minimum Gasteiger partial charge on any atom is -0.481 e. The molecular formula is C29H30N4O5. The van der Waals surface area contributed by atoms with Crippen LogP contribution >= 0.6 is 0 Å². The van der Waals surface area contributed by atoms with E-state index in [0.717, 1.165) is 16.7 Å². The highest BCUT2D eigenvalue weighted by Crippen LogP contribution is 2.29. The fourth-order valence-electron chi connectivity index (χ4n) is 4.24. The summed E-state index contributed by atoms with van der Waals surface area (Å²) in [5.74, 6) is -0.440. The normalized spacial score (nSPS) is 15.6. The molecule has 0 aromatic heterocycles. The van der Waals surface area contributed by atoms with Crippen molar-refractivity contribution in [1.29, 1.82) is 0 Å². The average Bonchev–Trinajstić information content (AvgIpc) is 2.96. The first-order chi connectivity index (χ1) is 18.6. The molecular weight excluding hydrogens is 484 g/mol. The van der Waals surface area contributed by atoms with Crippen molar-refractivity contribution in [1.82, 2.24) is 4.90 Å². The highest BCUT2D eigenvalue weighted by Gasteiger charge is 2.36. The maximum absolute atomic E-state index is 13.5. The highest BCUT2D eigenvalue weighted by atomic mass is 16.6. The SMILES string of the molecule is [N-]=[N+]=NC1=C(O)O[C@H]([C@@H](COCc2ccccc2)N(Cc2ccccc2)C(=O)OCc2ccccc2)CC1. The number of rotatable bonds is 11. The van der Waals surface area contributed by atoms with Gasteiger partial charge >= 0.3 is 6.09 Å². The number of aliphatic hydroxyl groups excluding tert-OH is 1. The van der Waals surface area contributed by atoms with E-state index in [2.05, 4.69) is 10.0 Å². The number of carbonyl (C=O) groups excluding carboxylic acids is 1. The second-order valence-corrected chi connectivity index (χ2v) is 8.86. The number of azide groups is 1. The molecule has 9 nitrogen and oxygen atoms in total. The molecule has 0 aliphatic carbocycles. The summed E-state index contributed by atoms with van der Waals surface area (Å²) >= 11 is 0. The van der Waals surface area contributed by atoms with Crippen LogP contribution < -0.4 is 0 Å². The van der Waals surface area contributed by atoms with Gasteiger partial charge in [0.1, 0.15) is 12.7 Å². The molecule has 196 valence electrons. The number of benzene rings is 3. The van der Waals surface area contributed by atoms with Crippen molar-refractivity contribution in [3.05, 3.63) is 130 Å². The minimum atomic E-state index is -0.614. The third kappa shape index (κ3) is 7.52. The molecule has 2 atom stereocenters. The first-order valence-corrected chi connectivity index (χ1v) is 12.4. The van der Waals surface area contributed by atoms with Crippen LogP contribution in [0.4, 0.5) is 4.79 Å². The van der Waals surface area contributed by atoms with Crippen LogP contribution in [0.2, 0.25) is 0 Å². The molecule has 1 amide bonds. The lowest BCUT2D eigenvalue weighted by Gasteiger charge is -2.37. The fourth-order valence-corrected chi connectivity index (χ4v) is 4.24. The smallest absolute Gasteiger partial charge is 0.410 e. The van der Waals surface area contributed by atoms with Gasteiger partial charge in [0.25, 0.3) is 5.95 Å². The molecule has 3 aromatic carbocycles. The molecule has 0 saturated heterocycles. The predicted molar refractivity (Wildman–Crippen MR) is 141 cm³/mol. The fraction of sp³-hybridized carbons (Fsp3) is 0.276. The van der Waals surface area contributed by atoms with Gasteiger partial charge in [-0.05, 0) is 35.1 Å². The molecule has 0 radical (unpaired) electrons. The van der Waals surface area contributed by atoms with Crippen LogP contribution in [0.15, 0.2) is 108 Å². The summed E-state index contributed by atoms with van der Waals surface area (Å²) in [6.07, 6.45) is -0.432. The average molecular weight is 515 g/mol. The molecule has 1 heterocycles. The van der Waals surface area contributed by atoms with Crippen LogP contribution in [0.5, 0.6) is 0 Å². The van der Waals surface area contributed by atoms with E-state index in [4.69, 9.17) is 19.7 Å². The summed E-state index contributed by atoms with van der Waals surface area (Å²) in [4.78, 5) is 17.9. The van der Waals surface area contributed by atoms with E-state index in [-0.39, 0.29) is 25.5 Å². The molecule has 0 spiro atoms. The molecule has 38 heavy (non-hydrogen) atoms. The number of allylic oxidation sites excluding steroid dienone is 1. The first-order valence-electron chi connectivity index (χ1n) is 12.4. The number of hydrogen-bond donors (Lipinski definition) is 1. The van der Waals surface area contributed by atoms with E-state index in [1.54, 1.807) is 4.90 Å². The molecule has 4 rings (SSSR count). The number of hydrogen-bond acceptors (Lipinski definition) is 6. The van der Waals surface area contributed by atoms with Crippen molar-refractivity contribution in [2.24, 2.45) is 5.11 Å². The highest BCUT2D eigenvalue weighted by molar-refractivity contribution is 5.68. The van der Waals surface area contributed by atoms with Gasteiger partial charge in [0.15, 0.2) is 0 Å². The lowest BCUT2D eigenvalue weighted by molar-refractivity contribution is -0.0668. The topological polar surface area (TPSA) is 117 Å². The van der Waals surface area contributed by atoms with Crippen molar-refractivity contribution < 1.29 is 24.1 Å². The molecule has 1 aliphatic heterocycles. The Hall–Kier alpha value is -4.46. The number of amides is 1. The van der Waals surface area contributed by atoms with Gasteiger partial charge in [0.05, 0.1) is 25.0 Å². The molecule has 0 unspecified atom stereocenters. The summed E-state index contributed by atoms with van der Waals surface area (Å²) < 4.78 is 17.6. The number of nitrogens with zero attached hydrogens (tertiary/aromatic N) is 4. The van der Waals surface area contributed by atoms with Gasteiger partial charge in [-0.1, -0.05) is 96.1 Å². The van der Waals surface area contributed by atoms with Gasteiger partial charge in [-0.3, -0.25) is 4.90 Å². The zero-order valence-corrected chi connectivity index (χ0v) is 20.9. The predicted octanol–water partition coefficient (Wildman–Crippen LogP) is 6.63. The van der Waals surface area contributed by atoms with Crippen LogP contribution in [0, 0.1) is 0 Å². The lowest BCUT2D eigenvalue weighted by Crippen LogP contribution is -2.51. The van der Waals surface area contributed by atoms with Crippen LogP contribution in [0.25, 0.3) is 10.4 Å². The Morgan fingerprint density at radius 1 is 0.974 bits per heavy atom. The van der Waals surface area contributed by atoms with Gasteiger partial charge in [0, 0.05) is 11.5 Å². The Kier molecular flexibility index (Phi) is 9.62. The number of carbonyl (C=O) groups is 1. The molecule has 9 heteroatoms. The largest absolute Gasteiger partial charge is 0.481 e. The zero-order valence-electron chi connectivity index (χ0n) is 20.9. The molecule has 1 aliphatic rings. The van der Waals surface area contributed by atoms with Crippen molar-refractivity contribution in [2.75, 3.05) is 6.61 Å². The van der Waals surface area contributed by atoms with E-state index in [0.29, 0.717) is 19.4 Å².